The molecule has 8 atom stereocenters. The highest BCUT2D eigenvalue weighted by Crippen LogP contribution is 2.38. The number of hydrogen-bond donors (Lipinski definition) is 2. The first-order valence-electron chi connectivity index (χ1n) is 15.2. The van der Waals surface area contributed by atoms with Crippen LogP contribution in [0.4, 0.5) is 0 Å². The lowest BCUT2D eigenvalue weighted by Crippen LogP contribution is -2.47. The summed E-state index contributed by atoms with van der Waals surface area (Å²) < 4.78 is 6.08. The maximum atomic E-state index is 6.08. The first-order chi connectivity index (χ1) is 17.1. The maximum absolute atomic E-state index is 6.08. The number of methoxy groups -OCH3 is 1. The maximum Gasteiger partial charge on any atom is 0.0602 e. The molecule has 3 saturated heterocycles. The molecule has 0 aromatic carbocycles. The zero-order valence-corrected chi connectivity index (χ0v) is 23.1. The zero-order chi connectivity index (χ0) is 24.2. The van der Waals surface area contributed by atoms with E-state index in [2.05, 4.69) is 39.6 Å². The normalized spacial score (nSPS) is 41.9. The fourth-order valence-electron chi connectivity index (χ4n) is 8.36. The van der Waals surface area contributed by atoms with Crippen molar-refractivity contribution in [3.05, 3.63) is 0 Å². The Morgan fingerprint density at radius 1 is 0.800 bits per heavy atom. The molecule has 0 spiro atoms. The van der Waals surface area contributed by atoms with Gasteiger partial charge in [0.15, 0.2) is 0 Å². The van der Waals surface area contributed by atoms with Crippen molar-refractivity contribution >= 4 is 0 Å². The molecule has 6 heteroatoms. The van der Waals surface area contributed by atoms with Crippen molar-refractivity contribution in [2.75, 3.05) is 60.5 Å². The van der Waals surface area contributed by atoms with Crippen molar-refractivity contribution < 1.29 is 4.74 Å². The van der Waals surface area contributed by atoms with Gasteiger partial charge < -0.3 is 19.9 Å². The Hall–Kier alpha value is -0.240. The lowest BCUT2D eigenvalue weighted by molar-refractivity contribution is -0.00980. The van der Waals surface area contributed by atoms with Crippen LogP contribution in [0.1, 0.15) is 77.0 Å². The van der Waals surface area contributed by atoms with Crippen molar-refractivity contribution in [3.63, 3.8) is 0 Å². The Labute approximate surface area is 215 Å². The number of piperazine rings is 1. The third kappa shape index (κ3) is 7.00. The van der Waals surface area contributed by atoms with Gasteiger partial charge in [0.1, 0.15) is 0 Å². The number of nitrogens with zero attached hydrogens (tertiary/aromatic N) is 3. The van der Waals surface area contributed by atoms with Crippen LogP contribution < -0.4 is 10.7 Å². The van der Waals surface area contributed by atoms with Crippen LogP contribution in [0.15, 0.2) is 0 Å². The fourth-order valence-corrected chi connectivity index (χ4v) is 8.36. The van der Waals surface area contributed by atoms with E-state index in [1.54, 1.807) is 0 Å². The van der Waals surface area contributed by atoms with Gasteiger partial charge in [-0.25, -0.2) is 5.01 Å². The predicted molar refractivity (Wildman–Crippen MR) is 144 cm³/mol. The Morgan fingerprint density at radius 3 is 2.46 bits per heavy atom. The van der Waals surface area contributed by atoms with Crippen molar-refractivity contribution in [1.82, 2.24) is 25.6 Å². The lowest BCUT2D eigenvalue weighted by Gasteiger charge is -2.40. The highest BCUT2D eigenvalue weighted by Gasteiger charge is 2.36. The second-order valence-corrected chi connectivity index (χ2v) is 13.1. The molecule has 8 unspecified atom stereocenters. The minimum absolute atomic E-state index is 0.469. The van der Waals surface area contributed by atoms with E-state index in [9.17, 15) is 0 Å². The summed E-state index contributed by atoms with van der Waals surface area (Å²) in [7, 11) is 6.50. The van der Waals surface area contributed by atoms with E-state index >= 15 is 0 Å². The van der Waals surface area contributed by atoms with Gasteiger partial charge in [-0.2, -0.15) is 0 Å². The van der Waals surface area contributed by atoms with Gasteiger partial charge in [0.25, 0.3) is 0 Å². The van der Waals surface area contributed by atoms with Gasteiger partial charge >= 0.3 is 0 Å². The number of nitrogens with one attached hydrogen (secondary N) is 2. The summed E-state index contributed by atoms with van der Waals surface area (Å²) >= 11 is 0. The van der Waals surface area contributed by atoms with Gasteiger partial charge in [-0.1, -0.05) is 6.42 Å². The number of hydrogen-bond acceptors (Lipinski definition) is 6. The average molecular weight is 490 g/mol. The molecule has 0 radical (unpaired) electrons. The number of rotatable bonds is 9. The smallest absolute Gasteiger partial charge is 0.0602 e. The fraction of sp³-hybridized carbons (Fsp3) is 1.00. The molecule has 35 heavy (non-hydrogen) atoms. The molecular formula is C29H55N5O. The number of likely N-dealkylation sites (N-methyl/N-ethyl adjacent to an activating group) is 1. The van der Waals surface area contributed by atoms with Crippen LogP contribution in [0, 0.1) is 23.7 Å². The highest BCUT2D eigenvalue weighted by atomic mass is 16.5. The van der Waals surface area contributed by atoms with Gasteiger partial charge in [0, 0.05) is 65.0 Å². The number of fused-ring (bicyclic) bond motifs is 1. The second kappa shape index (κ2) is 12.5. The Morgan fingerprint density at radius 2 is 1.63 bits per heavy atom. The van der Waals surface area contributed by atoms with E-state index < -0.39 is 0 Å². The van der Waals surface area contributed by atoms with Crippen LogP contribution in [0.2, 0.25) is 0 Å². The van der Waals surface area contributed by atoms with E-state index in [0.717, 1.165) is 29.7 Å². The summed E-state index contributed by atoms with van der Waals surface area (Å²) in [4.78, 5) is 5.16. The van der Waals surface area contributed by atoms with Crippen LogP contribution >= 0.6 is 0 Å². The molecule has 2 aliphatic carbocycles. The van der Waals surface area contributed by atoms with Gasteiger partial charge in [-0.3, -0.25) is 5.43 Å². The van der Waals surface area contributed by atoms with Gasteiger partial charge in [-0.05, 0) is 108 Å². The molecule has 0 bridgehead atoms. The molecule has 2 N–H and O–H groups in total. The Kier molecular flexibility index (Phi) is 9.45. The van der Waals surface area contributed by atoms with Crippen molar-refractivity contribution in [1.29, 1.82) is 0 Å². The van der Waals surface area contributed by atoms with Crippen molar-refractivity contribution in [2.24, 2.45) is 23.7 Å². The third-order valence-electron chi connectivity index (χ3n) is 10.8. The molecule has 202 valence electrons. The molecule has 6 nitrogen and oxygen atoms in total. The molecule has 3 aliphatic heterocycles. The monoisotopic (exact) mass is 489 g/mol. The Bertz CT molecular complexity index is 641. The largest absolute Gasteiger partial charge is 0.381 e. The SMILES string of the molecule is COC1CC(CN2CCN(C)CC2)CCC1CCC1CC(CCC2CCC3CCNC3C2)NN1C. The standard InChI is InChI=1S/C29H55N5O/c1-32-14-16-34(17-15-32)21-23-5-8-25(29(19-23)35-3)9-11-27-20-26(31-33(27)2)10-6-22-4-7-24-12-13-30-28(24)18-22/h22-31H,4-21H2,1-3H3. The van der Waals surface area contributed by atoms with E-state index in [4.69, 9.17) is 4.74 Å². The minimum atomic E-state index is 0.469. The van der Waals surface area contributed by atoms with E-state index in [1.807, 2.05) is 7.11 Å². The first-order valence-corrected chi connectivity index (χ1v) is 15.2. The summed E-state index contributed by atoms with van der Waals surface area (Å²) in [5, 5.41) is 6.23. The second-order valence-electron chi connectivity index (χ2n) is 13.1. The highest BCUT2D eigenvalue weighted by molar-refractivity contribution is 4.91. The summed E-state index contributed by atoms with van der Waals surface area (Å²) in [5.74, 6) is 3.53. The molecule has 0 aromatic heterocycles. The van der Waals surface area contributed by atoms with E-state index in [1.165, 1.54) is 116 Å². The quantitative estimate of drug-likeness (QED) is 0.516. The molecule has 0 amide bonds. The molecule has 5 fully saturated rings. The van der Waals surface area contributed by atoms with E-state index in [0.29, 0.717) is 18.2 Å². The summed E-state index contributed by atoms with van der Waals surface area (Å²) in [6.07, 6.45) is 17.1. The molecule has 2 saturated carbocycles. The Balaban J connectivity index is 1.00. The predicted octanol–water partition coefficient (Wildman–Crippen LogP) is 3.58. The van der Waals surface area contributed by atoms with E-state index in [-0.39, 0.29) is 0 Å². The number of ether oxygens (including phenoxy) is 1. The van der Waals surface area contributed by atoms with Crippen LogP contribution in [-0.4, -0.2) is 99.5 Å². The van der Waals surface area contributed by atoms with Crippen molar-refractivity contribution in [2.45, 2.75) is 101 Å². The lowest BCUT2D eigenvalue weighted by atomic mass is 9.76. The van der Waals surface area contributed by atoms with Crippen LogP contribution in [0.25, 0.3) is 0 Å². The third-order valence-corrected chi connectivity index (χ3v) is 10.8. The van der Waals surface area contributed by atoms with Gasteiger partial charge in [-0.15, -0.1) is 0 Å². The topological polar surface area (TPSA) is 43.0 Å². The summed E-state index contributed by atoms with van der Waals surface area (Å²) in [5.41, 5.74) is 3.84. The van der Waals surface area contributed by atoms with Crippen LogP contribution in [0.3, 0.4) is 0 Å². The van der Waals surface area contributed by atoms with Crippen LogP contribution in [0.5, 0.6) is 0 Å². The average Bonchev–Trinajstić information content (AvgIpc) is 3.48. The minimum Gasteiger partial charge on any atom is -0.381 e. The summed E-state index contributed by atoms with van der Waals surface area (Å²) in [6.45, 7) is 7.50. The summed E-state index contributed by atoms with van der Waals surface area (Å²) in [6, 6.07) is 2.23. The first kappa shape index (κ1) is 26.4. The molecule has 0 aromatic rings. The van der Waals surface area contributed by atoms with Crippen LogP contribution in [-0.2, 0) is 4.74 Å². The molecular weight excluding hydrogens is 434 g/mol. The van der Waals surface area contributed by atoms with Gasteiger partial charge in [0.05, 0.1) is 6.10 Å². The molecule has 5 rings (SSSR count). The number of hydrazine groups is 1. The van der Waals surface area contributed by atoms with Gasteiger partial charge in [0.2, 0.25) is 0 Å². The zero-order valence-electron chi connectivity index (χ0n) is 23.1. The van der Waals surface area contributed by atoms with Crippen molar-refractivity contribution in [3.8, 4) is 0 Å². The molecule has 3 heterocycles. The molecule has 5 aliphatic rings.